The van der Waals surface area contributed by atoms with Crippen LogP contribution in [0.3, 0.4) is 0 Å². The van der Waals surface area contributed by atoms with Gasteiger partial charge in [0.1, 0.15) is 5.76 Å². The normalized spacial score (nSPS) is 11.8. The molecule has 0 saturated carbocycles. The maximum absolute atomic E-state index is 12.1. The van der Waals surface area contributed by atoms with Crippen molar-refractivity contribution < 1.29 is 9.21 Å². The summed E-state index contributed by atoms with van der Waals surface area (Å²) in [6, 6.07) is 5.80. The van der Waals surface area contributed by atoms with Crippen LogP contribution in [0.5, 0.6) is 0 Å². The first-order valence-electron chi connectivity index (χ1n) is 6.56. The van der Waals surface area contributed by atoms with Crippen LogP contribution < -0.4 is 5.73 Å². The third-order valence-electron chi connectivity index (χ3n) is 2.82. The highest BCUT2D eigenvalue weighted by molar-refractivity contribution is 5.76. The van der Waals surface area contributed by atoms with Crippen molar-refractivity contribution in [1.82, 2.24) is 4.90 Å². The van der Waals surface area contributed by atoms with Gasteiger partial charge in [0.05, 0.1) is 25.3 Å². The molecular weight excluding hydrogens is 242 g/mol. The Morgan fingerprint density at radius 1 is 1.63 bits per heavy atom. The molecule has 1 aromatic rings. The largest absolute Gasteiger partial charge is 0.467 e. The molecule has 104 valence electrons. The van der Waals surface area contributed by atoms with Gasteiger partial charge in [-0.1, -0.05) is 0 Å². The highest BCUT2D eigenvalue weighted by atomic mass is 16.3. The maximum atomic E-state index is 12.1. The van der Waals surface area contributed by atoms with Crippen molar-refractivity contribution in [3.8, 4) is 6.07 Å². The predicted molar refractivity (Wildman–Crippen MR) is 71.9 cm³/mol. The molecule has 0 aliphatic heterocycles. The number of nitrogens with two attached hydrogens (primary N) is 1. The Hall–Kier alpha value is -1.80. The molecule has 0 spiro atoms. The van der Waals surface area contributed by atoms with Gasteiger partial charge < -0.3 is 15.1 Å². The predicted octanol–water partition coefficient (Wildman–Crippen LogP) is 2.04. The molecule has 0 aliphatic carbocycles. The molecule has 1 rings (SSSR count). The average Bonchev–Trinajstić information content (AvgIpc) is 2.86. The molecule has 1 unspecified atom stereocenters. The van der Waals surface area contributed by atoms with Gasteiger partial charge in [0.25, 0.3) is 0 Å². The van der Waals surface area contributed by atoms with Crippen LogP contribution in [0.2, 0.25) is 0 Å². The van der Waals surface area contributed by atoms with Crippen molar-refractivity contribution in [1.29, 1.82) is 5.26 Å². The Morgan fingerprint density at radius 3 is 3.00 bits per heavy atom. The van der Waals surface area contributed by atoms with Crippen molar-refractivity contribution >= 4 is 5.91 Å². The van der Waals surface area contributed by atoms with Gasteiger partial charge in [-0.2, -0.15) is 5.26 Å². The van der Waals surface area contributed by atoms with Gasteiger partial charge in [0, 0.05) is 19.0 Å². The minimum atomic E-state index is 0.0484. The molecule has 1 amide bonds. The van der Waals surface area contributed by atoms with Crippen molar-refractivity contribution in [2.75, 3.05) is 6.54 Å². The summed E-state index contributed by atoms with van der Waals surface area (Å²) < 4.78 is 5.24. The van der Waals surface area contributed by atoms with E-state index in [2.05, 4.69) is 6.07 Å². The lowest BCUT2D eigenvalue weighted by molar-refractivity contribution is -0.132. The van der Waals surface area contributed by atoms with E-state index in [9.17, 15) is 4.79 Å². The van der Waals surface area contributed by atoms with Crippen molar-refractivity contribution in [2.45, 2.75) is 45.2 Å². The number of rotatable bonds is 8. The van der Waals surface area contributed by atoms with Crippen LogP contribution in [-0.4, -0.2) is 23.4 Å². The molecular formula is C14H21N3O2. The summed E-state index contributed by atoms with van der Waals surface area (Å²) in [6.07, 6.45) is 3.99. The van der Waals surface area contributed by atoms with Crippen LogP contribution in [0.1, 0.15) is 38.4 Å². The highest BCUT2D eigenvalue weighted by Gasteiger charge is 2.14. The fourth-order valence-corrected chi connectivity index (χ4v) is 1.80. The smallest absolute Gasteiger partial charge is 0.223 e. The molecule has 1 aromatic heterocycles. The van der Waals surface area contributed by atoms with E-state index in [-0.39, 0.29) is 11.9 Å². The molecule has 0 aromatic carbocycles. The first-order chi connectivity index (χ1) is 9.13. The maximum Gasteiger partial charge on any atom is 0.223 e. The number of amides is 1. The Labute approximate surface area is 114 Å². The topological polar surface area (TPSA) is 83.3 Å². The lowest BCUT2D eigenvalue weighted by Gasteiger charge is -2.20. The molecule has 0 saturated heterocycles. The van der Waals surface area contributed by atoms with Crippen molar-refractivity contribution in [3.63, 3.8) is 0 Å². The number of nitriles is 1. The zero-order valence-corrected chi connectivity index (χ0v) is 11.3. The Kier molecular flexibility index (Phi) is 6.69. The standard InChI is InChI=1S/C14H21N3O2/c1-12(16)5-2-7-14(18)17(9-4-8-15)11-13-6-3-10-19-13/h3,6,10,12H,2,4-5,7,9,11,16H2,1H3. The van der Waals surface area contributed by atoms with Gasteiger partial charge in [0.15, 0.2) is 0 Å². The Morgan fingerprint density at radius 2 is 2.42 bits per heavy atom. The summed E-state index contributed by atoms with van der Waals surface area (Å²) in [4.78, 5) is 13.8. The van der Waals surface area contributed by atoms with Gasteiger partial charge in [0.2, 0.25) is 5.91 Å². The van der Waals surface area contributed by atoms with Crippen LogP contribution in [0.4, 0.5) is 0 Å². The number of nitrogens with zero attached hydrogens (tertiary/aromatic N) is 2. The number of carbonyl (C=O) groups is 1. The first kappa shape index (κ1) is 15.3. The summed E-state index contributed by atoms with van der Waals surface area (Å²) in [7, 11) is 0. The summed E-state index contributed by atoms with van der Waals surface area (Å²) in [5.74, 6) is 0.783. The van der Waals surface area contributed by atoms with Crippen molar-refractivity contribution in [2.24, 2.45) is 5.73 Å². The zero-order chi connectivity index (χ0) is 14.1. The van der Waals surface area contributed by atoms with Gasteiger partial charge in [-0.3, -0.25) is 4.79 Å². The van der Waals surface area contributed by atoms with E-state index in [1.807, 2.05) is 13.0 Å². The number of hydrogen-bond acceptors (Lipinski definition) is 4. The molecule has 5 nitrogen and oxygen atoms in total. The van der Waals surface area contributed by atoms with E-state index < -0.39 is 0 Å². The summed E-state index contributed by atoms with van der Waals surface area (Å²) >= 11 is 0. The molecule has 0 bridgehead atoms. The molecule has 0 fully saturated rings. The second-order valence-electron chi connectivity index (χ2n) is 4.67. The third-order valence-corrected chi connectivity index (χ3v) is 2.82. The van der Waals surface area contributed by atoms with Gasteiger partial charge in [-0.25, -0.2) is 0 Å². The van der Waals surface area contributed by atoms with Crippen molar-refractivity contribution in [3.05, 3.63) is 24.2 Å². The second-order valence-corrected chi connectivity index (χ2v) is 4.67. The van der Waals surface area contributed by atoms with Crippen LogP contribution in [0.25, 0.3) is 0 Å². The first-order valence-corrected chi connectivity index (χ1v) is 6.56. The van der Waals surface area contributed by atoms with E-state index >= 15 is 0 Å². The molecule has 1 heterocycles. The van der Waals surface area contributed by atoms with E-state index in [0.717, 1.165) is 18.6 Å². The molecule has 2 N–H and O–H groups in total. The molecule has 19 heavy (non-hydrogen) atoms. The molecule has 1 atom stereocenters. The fourth-order valence-electron chi connectivity index (χ4n) is 1.80. The number of furan rings is 1. The second kappa shape index (κ2) is 8.33. The molecule has 0 radical (unpaired) electrons. The van der Waals surface area contributed by atoms with Gasteiger partial charge >= 0.3 is 0 Å². The number of carbonyl (C=O) groups excluding carboxylic acids is 1. The lowest BCUT2D eigenvalue weighted by Crippen LogP contribution is -2.31. The summed E-state index contributed by atoms with van der Waals surface area (Å²) in [5.41, 5.74) is 5.66. The summed E-state index contributed by atoms with van der Waals surface area (Å²) in [5, 5.41) is 8.64. The number of hydrogen-bond donors (Lipinski definition) is 1. The SMILES string of the molecule is CC(N)CCCC(=O)N(CCC#N)Cc1ccco1. The molecule has 5 heteroatoms. The van der Waals surface area contributed by atoms with E-state index in [0.29, 0.717) is 25.9 Å². The molecule has 0 aliphatic rings. The minimum absolute atomic E-state index is 0.0484. The Bertz CT molecular complexity index is 407. The van der Waals surface area contributed by atoms with E-state index in [4.69, 9.17) is 15.4 Å². The monoisotopic (exact) mass is 263 g/mol. The zero-order valence-electron chi connectivity index (χ0n) is 11.3. The average molecular weight is 263 g/mol. The Balaban J connectivity index is 2.47. The summed E-state index contributed by atoms with van der Waals surface area (Å²) in [6.45, 7) is 2.79. The van der Waals surface area contributed by atoms with Gasteiger partial charge in [-0.05, 0) is 31.9 Å². The fraction of sp³-hybridized carbons (Fsp3) is 0.571. The van der Waals surface area contributed by atoms with E-state index in [1.165, 1.54) is 0 Å². The van der Waals surface area contributed by atoms with E-state index in [1.54, 1.807) is 17.2 Å². The highest BCUT2D eigenvalue weighted by Crippen LogP contribution is 2.09. The minimum Gasteiger partial charge on any atom is -0.467 e. The van der Waals surface area contributed by atoms with Gasteiger partial charge in [-0.15, -0.1) is 0 Å². The van der Waals surface area contributed by atoms with Crippen LogP contribution in [0.15, 0.2) is 22.8 Å². The van der Waals surface area contributed by atoms with Crippen LogP contribution >= 0.6 is 0 Å². The van der Waals surface area contributed by atoms with Crippen LogP contribution in [-0.2, 0) is 11.3 Å². The quantitative estimate of drug-likeness (QED) is 0.778. The third kappa shape index (κ3) is 6.07. The van der Waals surface area contributed by atoms with Crippen LogP contribution in [0, 0.1) is 11.3 Å². The lowest BCUT2D eigenvalue weighted by atomic mass is 10.1.